The molecular weight excluding hydrogens is 306 g/mol. The fraction of sp³-hybridized carbons (Fsp3) is 0.632. The molecule has 0 bridgehead atoms. The van der Waals surface area contributed by atoms with Crippen molar-refractivity contribution in [1.29, 1.82) is 0 Å². The lowest BCUT2D eigenvalue weighted by Gasteiger charge is -2.44. The number of fused-ring (bicyclic) bond motifs is 3. The summed E-state index contributed by atoms with van der Waals surface area (Å²) in [5.41, 5.74) is 0.610. The molecule has 0 aliphatic carbocycles. The molecule has 24 heavy (non-hydrogen) atoms. The number of carbonyl (C=O) groups is 1. The van der Waals surface area contributed by atoms with Crippen molar-refractivity contribution < 1.29 is 27.6 Å². The molecule has 2 heterocycles. The van der Waals surface area contributed by atoms with Gasteiger partial charge >= 0.3 is 0 Å². The largest absolute Gasteiger partial charge is 0.493 e. The Kier molecular flexibility index (Phi) is 2.95. The molecule has 5 heteroatoms. The zero-order valence-electron chi connectivity index (χ0n) is 20.0. The molecule has 3 rings (SSSR count). The Morgan fingerprint density at radius 2 is 2.04 bits per heavy atom. The van der Waals surface area contributed by atoms with Crippen LogP contribution in [0.4, 0.5) is 0 Å². The molecule has 2 aliphatic heterocycles. The number of piperidine rings is 1. The number of nitrogens with zero attached hydrogens (tertiary/aromatic N) is 1. The van der Waals surface area contributed by atoms with E-state index in [2.05, 4.69) is 4.90 Å². The van der Waals surface area contributed by atoms with Gasteiger partial charge in [-0.15, -0.1) is 0 Å². The third-order valence-corrected chi connectivity index (χ3v) is 4.94. The number of benzene rings is 1. The van der Waals surface area contributed by atoms with Gasteiger partial charge in [0.15, 0.2) is 11.5 Å². The highest BCUT2D eigenvalue weighted by atomic mass is 16.5. The third-order valence-electron chi connectivity index (χ3n) is 4.94. The van der Waals surface area contributed by atoms with Crippen LogP contribution in [0.5, 0.6) is 11.5 Å². The summed E-state index contributed by atoms with van der Waals surface area (Å²) in [6, 6.07) is 2.75. The van der Waals surface area contributed by atoms with Crippen LogP contribution in [0.15, 0.2) is 12.1 Å². The molecule has 0 saturated carbocycles. The van der Waals surface area contributed by atoms with Gasteiger partial charge < -0.3 is 14.6 Å². The van der Waals surface area contributed by atoms with Gasteiger partial charge in [0.2, 0.25) is 0 Å². The first-order valence-electron chi connectivity index (χ1n) is 11.2. The van der Waals surface area contributed by atoms with E-state index in [4.69, 9.17) is 17.7 Å². The highest BCUT2D eigenvalue weighted by Crippen LogP contribution is 2.42. The van der Waals surface area contributed by atoms with Crippen LogP contribution < -0.4 is 9.47 Å². The van der Waals surface area contributed by atoms with Gasteiger partial charge in [-0.2, -0.15) is 0 Å². The Morgan fingerprint density at radius 3 is 2.71 bits per heavy atom. The second-order valence-corrected chi connectivity index (χ2v) is 7.35. The summed E-state index contributed by atoms with van der Waals surface area (Å²) in [7, 11) is -5.54. The number of aliphatic hydroxyl groups is 1. The maximum atomic E-state index is 12.7. The van der Waals surface area contributed by atoms with Crippen molar-refractivity contribution in [3.05, 3.63) is 23.3 Å². The van der Waals surface area contributed by atoms with E-state index in [0.29, 0.717) is 25.9 Å². The Morgan fingerprint density at radius 1 is 1.33 bits per heavy atom. The first-order chi connectivity index (χ1) is 13.6. The van der Waals surface area contributed by atoms with Crippen molar-refractivity contribution >= 4 is 5.78 Å². The van der Waals surface area contributed by atoms with Crippen LogP contribution in [0.2, 0.25) is 0 Å². The molecule has 2 atom stereocenters. The molecule has 0 spiro atoms. The Hall–Kier alpha value is -1.59. The highest BCUT2D eigenvalue weighted by Gasteiger charge is 2.40. The fourth-order valence-corrected chi connectivity index (χ4v) is 3.90. The van der Waals surface area contributed by atoms with Gasteiger partial charge in [0.05, 0.1) is 27.9 Å². The topological polar surface area (TPSA) is 59.0 Å². The molecule has 0 aromatic heterocycles. The molecule has 1 N–H and O–H groups in total. The van der Waals surface area contributed by atoms with Crippen molar-refractivity contribution in [3.63, 3.8) is 0 Å². The Bertz CT molecular complexity index is 815. The van der Waals surface area contributed by atoms with E-state index in [9.17, 15) is 9.90 Å². The zero-order chi connectivity index (χ0) is 22.5. The molecule has 1 fully saturated rings. The number of hydrogen-bond donors (Lipinski definition) is 1. The van der Waals surface area contributed by atoms with E-state index in [-0.39, 0.29) is 35.7 Å². The Balaban J connectivity index is 1.94. The van der Waals surface area contributed by atoms with Crippen molar-refractivity contribution in [1.82, 2.24) is 4.90 Å². The maximum absolute atomic E-state index is 12.7. The minimum Gasteiger partial charge on any atom is -0.493 e. The van der Waals surface area contributed by atoms with Crippen molar-refractivity contribution in [2.24, 2.45) is 5.92 Å². The van der Waals surface area contributed by atoms with Crippen LogP contribution in [0.3, 0.4) is 0 Å². The second kappa shape index (κ2) is 6.37. The fourth-order valence-electron chi connectivity index (χ4n) is 3.90. The summed E-state index contributed by atoms with van der Waals surface area (Å²) < 4.78 is 54.2. The first kappa shape index (κ1) is 11.1. The lowest BCUT2D eigenvalue weighted by molar-refractivity contribution is -0.131. The van der Waals surface area contributed by atoms with Gasteiger partial charge in [0.25, 0.3) is 0 Å². The number of carbonyl (C=O) groups excluding carboxylic acids is 1. The van der Waals surface area contributed by atoms with Crippen LogP contribution in [0.1, 0.15) is 52.1 Å². The van der Waals surface area contributed by atoms with Crippen molar-refractivity contribution in [2.75, 3.05) is 27.2 Å². The average Bonchev–Trinajstić information content (AvgIpc) is 2.52. The van der Waals surface area contributed by atoms with E-state index < -0.39 is 19.7 Å². The summed E-state index contributed by atoms with van der Waals surface area (Å²) in [4.78, 5) is 14.9. The number of Topliss-reactive ketones (excluding diaryl/α,β-unsaturated/α-hetero) is 1. The molecule has 1 aromatic carbocycles. The molecule has 132 valence electrons. The molecule has 0 radical (unpaired) electrons. The van der Waals surface area contributed by atoms with E-state index in [0.717, 1.165) is 11.1 Å². The van der Waals surface area contributed by atoms with Gasteiger partial charge in [0.1, 0.15) is 5.78 Å². The zero-order valence-corrected chi connectivity index (χ0v) is 14.0. The first-order valence-corrected chi connectivity index (χ1v) is 8.15. The molecule has 1 aromatic rings. The second-order valence-electron chi connectivity index (χ2n) is 7.35. The predicted octanol–water partition coefficient (Wildman–Crippen LogP) is 2.35. The number of hydrogen-bond acceptors (Lipinski definition) is 5. The Labute approximate surface area is 152 Å². The van der Waals surface area contributed by atoms with Gasteiger partial charge in [-0.25, -0.2) is 0 Å². The average molecular weight is 339 g/mol. The smallest absolute Gasteiger partial charge is 0.161 e. The molecule has 1 saturated heterocycles. The number of ether oxygens (including phenoxy) is 2. The van der Waals surface area contributed by atoms with Crippen LogP contribution in [-0.2, 0) is 11.2 Å². The number of rotatable bonds is 4. The molecule has 0 unspecified atom stereocenters. The highest BCUT2D eigenvalue weighted by molar-refractivity contribution is 5.83. The van der Waals surface area contributed by atoms with Crippen molar-refractivity contribution in [3.8, 4) is 11.5 Å². The minimum atomic E-state index is -2.78. The lowest BCUT2D eigenvalue weighted by atomic mass is 9.79. The van der Waals surface area contributed by atoms with E-state index in [1.54, 1.807) is 13.8 Å². The molecular formula is C19H27NO4. The van der Waals surface area contributed by atoms with Crippen LogP contribution in [0.25, 0.3) is 0 Å². The maximum Gasteiger partial charge on any atom is 0.161 e. The SMILES string of the molecule is [2H]C([2H])([2H])Oc1cc2c(cc1OC([2H])([2H])[2H])[C@@H]1CC(=O)[C@@H](CC(C)(C)O)CN1CC2. The minimum absolute atomic E-state index is 0.0485. The summed E-state index contributed by atoms with van der Waals surface area (Å²) in [6.45, 7) is 4.54. The van der Waals surface area contributed by atoms with Gasteiger partial charge in [0, 0.05) is 31.5 Å². The summed E-state index contributed by atoms with van der Waals surface area (Å²) in [5, 5.41) is 10.1. The van der Waals surface area contributed by atoms with E-state index >= 15 is 0 Å². The third kappa shape index (κ3) is 3.28. The lowest BCUT2D eigenvalue weighted by Crippen LogP contribution is -2.47. The molecule has 2 aliphatic rings. The normalized spacial score (nSPS) is 29.0. The van der Waals surface area contributed by atoms with Gasteiger partial charge in [-0.1, -0.05) is 0 Å². The molecule has 5 nitrogen and oxygen atoms in total. The van der Waals surface area contributed by atoms with Gasteiger partial charge in [-0.3, -0.25) is 9.69 Å². The van der Waals surface area contributed by atoms with Crippen LogP contribution in [0, 0.1) is 5.92 Å². The molecule has 0 amide bonds. The number of methoxy groups -OCH3 is 2. The van der Waals surface area contributed by atoms with E-state index in [1.807, 2.05) is 0 Å². The summed E-state index contributed by atoms with van der Waals surface area (Å²) >= 11 is 0. The standard InChI is InChI=1S/C19H27NO4/c1-19(2,22)10-13-11-20-6-5-12-7-17(23-3)18(24-4)8-14(12)15(20)9-16(13)21/h7-8,13,15,22H,5-6,9-11H2,1-4H3/t13-,15-/m0/s1/i3D3,4D3. The van der Waals surface area contributed by atoms with E-state index in [1.165, 1.54) is 12.1 Å². The summed E-state index contributed by atoms with van der Waals surface area (Å²) in [5.74, 6) is -0.551. The van der Waals surface area contributed by atoms with Crippen molar-refractivity contribution in [2.45, 2.75) is 44.8 Å². The monoisotopic (exact) mass is 339 g/mol. The van der Waals surface area contributed by atoms with Crippen LogP contribution in [-0.4, -0.2) is 48.6 Å². The van der Waals surface area contributed by atoms with Crippen LogP contribution >= 0.6 is 0 Å². The quantitative estimate of drug-likeness (QED) is 0.912. The number of ketones is 1. The summed E-state index contributed by atoms with van der Waals surface area (Å²) in [6.07, 6.45) is 1.21. The predicted molar refractivity (Wildman–Crippen MR) is 91.6 cm³/mol. The van der Waals surface area contributed by atoms with Gasteiger partial charge in [-0.05, 0) is 49.9 Å².